The highest BCUT2D eigenvalue weighted by molar-refractivity contribution is 9.10. The van der Waals surface area contributed by atoms with E-state index in [-0.39, 0.29) is 0 Å². The summed E-state index contributed by atoms with van der Waals surface area (Å²) < 4.78 is 1.07. The van der Waals surface area contributed by atoms with Crippen LogP contribution in [0.3, 0.4) is 0 Å². The summed E-state index contributed by atoms with van der Waals surface area (Å²) in [6.45, 7) is 0. The molecule has 198 valence electrons. The highest BCUT2D eigenvalue weighted by Crippen LogP contribution is 2.55. The van der Waals surface area contributed by atoms with Crippen molar-refractivity contribution in [1.29, 1.82) is 0 Å². The third-order valence-corrected chi connectivity index (χ3v) is 9.08. The number of rotatable bonds is 4. The molecule has 0 amide bonds. The second-order valence-corrected chi connectivity index (χ2v) is 11.8. The van der Waals surface area contributed by atoms with Crippen LogP contribution in [0.4, 0.5) is 0 Å². The first-order valence-electron chi connectivity index (χ1n) is 14.2. The molecule has 1 nitrogen and oxygen atoms in total. The van der Waals surface area contributed by atoms with Crippen LogP contribution in [-0.4, -0.2) is 4.98 Å². The summed E-state index contributed by atoms with van der Waals surface area (Å²) in [5.74, 6) is 0. The van der Waals surface area contributed by atoms with Crippen LogP contribution in [0.2, 0.25) is 0 Å². The zero-order valence-electron chi connectivity index (χ0n) is 22.8. The average Bonchev–Trinajstić information content (AvgIpc) is 3.06. The lowest BCUT2D eigenvalue weighted by Gasteiger charge is -2.42. The summed E-state index contributed by atoms with van der Waals surface area (Å²) >= 11 is 3.63. The van der Waals surface area contributed by atoms with Gasteiger partial charge in [-0.05, 0) is 74.8 Å². The molecule has 1 heterocycles. The number of nitrogens with zero attached hydrogens (tertiary/aromatic N) is 1. The number of hydrogen-bond acceptors (Lipinski definition) is 1. The van der Waals surface area contributed by atoms with Gasteiger partial charge in [-0.2, -0.15) is 0 Å². The Labute approximate surface area is 254 Å². The van der Waals surface area contributed by atoms with E-state index in [9.17, 15) is 0 Å². The molecular weight excluding hydrogens is 574 g/mol. The van der Waals surface area contributed by atoms with Gasteiger partial charge in [0.2, 0.25) is 0 Å². The van der Waals surface area contributed by atoms with Gasteiger partial charge in [-0.1, -0.05) is 143 Å². The normalized spacial score (nSPS) is 13.1. The molecule has 1 aliphatic carbocycles. The van der Waals surface area contributed by atoms with Crippen molar-refractivity contribution >= 4 is 26.8 Å². The van der Waals surface area contributed by atoms with Crippen LogP contribution in [0.1, 0.15) is 22.3 Å². The standard InChI is InChI=1S/C40H26BrN/c41-32-19-10-13-28(25-32)27-12-9-14-29(24-27)38-26-34-33-20-7-8-21-35(33)40(30-15-3-1-4-16-30,31-17-5-2-6-18-31)36-22-11-23-37(42-38)39(34)36/h1-26H. The van der Waals surface area contributed by atoms with Crippen molar-refractivity contribution < 1.29 is 0 Å². The predicted molar refractivity (Wildman–Crippen MR) is 178 cm³/mol. The summed E-state index contributed by atoms with van der Waals surface area (Å²) in [6.07, 6.45) is 0. The first-order valence-corrected chi connectivity index (χ1v) is 15.0. The minimum absolute atomic E-state index is 0.463. The minimum Gasteiger partial charge on any atom is -0.248 e. The van der Waals surface area contributed by atoms with Crippen LogP contribution in [0, 0.1) is 0 Å². The smallest absolute Gasteiger partial charge is 0.0719 e. The largest absolute Gasteiger partial charge is 0.248 e. The van der Waals surface area contributed by atoms with Gasteiger partial charge in [0, 0.05) is 15.4 Å². The second-order valence-electron chi connectivity index (χ2n) is 10.9. The number of aromatic nitrogens is 1. The Morgan fingerprint density at radius 3 is 1.79 bits per heavy atom. The molecule has 2 heteroatoms. The van der Waals surface area contributed by atoms with E-state index < -0.39 is 5.41 Å². The number of benzene rings is 6. The topological polar surface area (TPSA) is 12.9 Å². The van der Waals surface area contributed by atoms with E-state index in [2.05, 4.69) is 174 Å². The van der Waals surface area contributed by atoms with Gasteiger partial charge in [0.05, 0.1) is 16.6 Å². The van der Waals surface area contributed by atoms with Crippen molar-refractivity contribution in [3.8, 4) is 33.5 Å². The zero-order chi connectivity index (χ0) is 28.1. The van der Waals surface area contributed by atoms with Crippen LogP contribution < -0.4 is 0 Å². The van der Waals surface area contributed by atoms with E-state index in [0.717, 1.165) is 21.2 Å². The summed E-state index contributed by atoms with van der Waals surface area (Å²) in [6, 6.07) is 56.9. The maximum Gasteiger partial charge on any atom is 0.0719 e. The van der Waals surface area contributed by atoms with Gasteiger partial charge in [-0.25, -0.2) is 4.98 Å². The molecule has 0 aliphatic heterocycles. The van der Waals surface area contributed by atoms with Crippen LogP contribution in [0.5, 0.6) is 0 Å². The highest BCUT2D eigenvalue weighted by atomic mass is 79.9. The van der Waals surface area contributed by atoms with Crippen molar-refractivity contribution in [1.82, 2.24) is 4.98 Å². The molecule has 1 aromatic heterocycles. The lowest BCUT2D eigenvalue weighted by atomic mass is 9.60. The summed E-state index contributed by atoms with van der Waals surface area (Å²) in [5.41, 5.74) is 12.5. The molecule has 42 heavy (non-hydrogen) atoms. The van der Waals surface area contributed by atoms with Crippen molar-refractivity contribution in [2.24, 2.45) is 0 Å². The van der Waals surface area contributed by atoms with E-state index in [1.165, 1.54) is 49.9 Å². The third-order valence-electron chi connectivity index (χ3n) is 8.59. The molecule has 7 aromatic rings. The fourth-order valence-corrected chi connectivity index (χ4v) is 7.24. The Hall–Kier alpha value is -4.79. The number of pyridine rings is 1. The first-order chi connectivity index (χ1) is 20.7. The van der Waals surface area contributed by atoms with E-state index in [1.54, 1.807) is 0 Å². The molecule has 0 radical (unpaired) electrons. The lowest BCUT2D eigenvalue weighted by molar-refractivity contribution is 0.749. The van der Waals surface area contributed by atoms with Crippen LogP contribution in [0.25, 0.3) is 44.4 Å². The van der Waals surface area contributed by atoms with Crippen LogP contribution in [-0.2, 0) is 5.41 Å². The molecule has 0 bridgehead atoms. The monoisotopic (exact) mass is 599 g/mol. The average molecular weight is 601 g/mol. The molecule has 0 spiro atoms. The Kier molecular flexibility index (Phi) is 5.91. The van der Waals surface area contributed by atoms with Gasteiger partial charge in [0.15, 0.2) is 0 Å². The second kappa shape index (κ2) is 9.94. The third kappa shape index (κ3) is 3.79. The summed E-state index contributed by atoms with van der Waals surface area (Å²) in [7, 11) is 0. The van der Waals surface area contributed by atoms with Gasteiger partial charge in [-0.3, -0.25) is 0 Å². The fourth-order valence-electron chi connectivity index (χ4n) is 6.84. The Morgan fingerprint density at radius 2 is 1.05 bits per heavy atom. The van der Waals surface area contributed by atoms with Gasteiger partial charge >= 0.3 is 0 Å². The molecule has 0 unspecified atom stereocenters. The van der Waals surface area contributed by atoms with E-state index in [0.29, 0.717) is 0 Å². The summed E-state index contributed by atoms with van der Waals surface area (Å²) in [4.78, 5) is 5.32. The van der Waals surface area contributed by atoms with E-state index in [4.69, 9.17) is 4.98 Å². The van der Waals surface area contributed by atoms with Crippen molar-refractivity contribution in [2.45, 2.75) is 5.41 Å². The van der Waals surface area contributed by atoms with Crippen molar-refractivity contribution in [2.75, 3.05) is 0 Å². The minimum atomic E-state index is -0.463. The van der Waals surface area contributed by atoms with E-state index >= 15 is 0 Å². The number of fused-ring (bicyclic) bond motifs is 2. The van der Waals surface area contributed by atoms with Crippen molar-refractivity contribution in [3.63, 3.8) is 0 Å². The molecule has 6 aromatic carbocycles. The summed E-state index contributed by atoms with van der Waals surface area (Å²) in [5, 5.41) is 1.22. The molecule has 0 atom stereocenters. The Bertz CT molecular complexity index is 2060. The molecule has 0 saturated heterocycles. The predicted octanol–water partition coefficient (Wildman–Crippen LogP) is 10.7. The van der Waals surface area contributed by atoms with E-state index in [1.807, 2.05) is 0 Å². The zero-order valence-corrected chi connectivity index (χ0v) is 24.4. The quantitative estimate of drug-likeness (QED) is 0.196. The van der Waals surface area contributed by atoms with Gasteiger partial charge in [0.1, 0.15) is 0 Å². The maximum atomic E-state index is 5.32. The lowest BCUT2D eigenvalue weighted by Crippen LogP contribution is -2.33. The van der Waals surface area contributed by atoms with Gasteiger partial charge < -0.3 is 0 Å². The Balaban J connectivity index is 1.43. The molecule has 0 fully saturated rings. The fraction of sp³-hybridized carbons (Fsp3) is 0.0250. The first kappa shape index (κ1) is 25.0. The molecule has 8 rings (SSSR count). The molecule has 0 N–H and O–H groups in total. The van der Waals surface area contributed by atoms with Crippen molar-refractivity contribution in [3.05, 3.63) is 184 Å². The Morgan fingerprint density at radius 1 is 0.452 bits per heavy atom. The molecule has 1 aliphatic rings. The van der Waals surface area contributed by atoms with Crippen LogP contribution >= 0.6 is 15.9 Å². The molecule has 0 saturated carbocycles. The SMILES string of the molecule is Brc1cccc(-c2cccc(-c3cc4c5c(cccc5n3)C(c3ccccc3)(c3ccccc3)c3ccccc3-4)c2)c1. The number of halogens is 1. The molecular formula is C40H26BrN. The van der Waals surface area contributed by atoms with Gasteiger partial charge in [-0.15, -0.1) is 0 Å². The highest BCUT2D eigenvalue weighted by Gasteiger charge is 2.44. The number of hydrogen-bond donors (Lipinski definition) is 0. The van der Waals surface area contributed by atoms with Gasteiger partial charge in [0.25, 0.3) is 0 Å². The maximum absolute atomic E-state index is 5.32. The van der Waals surface area contributed by atoms with Crippen LogP contribution in [0.15, 0.2) is 162 Å².